The van der Waals surface area contributed by atoms with E-state index in [9.17, 15) is 9.59 Å². The first-order valence-electron chi connectivity index (χ1n) is 8.16. The molecule has 2 amide bonds. The predicted octanol–water partition coefficient (Wildman–Crippen LogP) is 2.77. The number of nitrogens with one attached hydrogen (secondary N) is 2. The van der Waals surface area contributed by atoms with Crippen molar-refractivity contribution in [2.75, 3.05) is 6.54 Å². The Morgan fingerprint density at radius 1 is 1.10 bits per heavy atom. The zero-order valence-electron chi connectivity index (χ0n) is 13.0. The summed E-state index contributed by atoms with van der Waals surface area (Å²) in [7, 11) is 0. The van der Waals surface area contributed by atoms with Crippen LogP contribution in [0.25, 0.3) is 0 Å². The predicted molar refractivity (Wildman–Crippen MR) is 81.3 cm³/mol. The maximum absolute atomic E-state index is 11.6. The van der Waals surface area contributed by atoms with Gasteiger partial charge in [-0.1, -0.05) is 46.0 Å². The summed E-state index contributed by atoms with van der Waals surface area (Å²) in [6.07, 6.45) is 9.60. The smallest absolute Gasteiger partial charge is 0.229 e. The molecule has 1 atom stereocenters. The molecule has 0 spiro atoms. The SMILES string of the molecule is CC(C)NCCCCCCCCC1CCC(=O)NC1=O. The van der Waals surface area contributed by atoms with Crippen LogP contribution in [0.15, 0.2) is 0 Å². The van der Waals surface area contributed by atoms with Crippen LogP contribution in [-0.4, -0.2) is 24.4 Å². The lowest BCUT2D eigenvalue weighted by Gasteiger charge is -2.20. The Morgan fingerprint density at radius 2 is 1.75 bits per heavy atom. The van der Waals surface area contributed by atoms with E-state index in [1.807, 2.05) is 0 Å². The molecular weight excluding hydrogens is 252 g/mol. The first-order valence-corrected chi connectivity index (χ1v) is 8.16. The largest absolute Gasteiger partial charge is 0.315 e. The van der Waals surface area contributed by atoms with Crippen molar-refractivity contribution in [3.63, 3.8) is 0 Å². The normalized spacial score (nSPS) is 19.4. The van der Waals surface area contributed by atoms with E-state index >= 15 is 0 Å². The molecule has 1 heterocycles. The van der Waals surface area contributed by atoms with E-state index in [1.54, 1.807) is 0 Å². The van der Waals surface area contributed by atoms with E-state index in [0.29, 0.717) is 12.5 Å². The van der Waals surface area contributed by atoms with Crippen molar-refractivity contribution in [1.82, 2.24) is 10.6 Å². The van der Waals surface area contributed by atoms with Crippen molar-refractivity contribution < 1.29 is 9.59 Å². The Labute approximate surface area is 123 Å². The number of hydrogen-bond donors (Lipinski definition) is 2. The second-order valence-electron chi connectivity index (χ2n) is 6.17. The Hall–Kier alpha value is -0.900. The molecule has 4 nitrogen and oxygen atoms in total. The van der Waals surface area contributed by atoms with Crippen LogP contribution in [0, 0.1) is 5.92 Å². The highest BCUT2D eigenvalue weighted by Crippen LogP contribution is 2.19. The minimum absolute atomic E-state index is 0.0546. The molecule has 1 rings (SSSR count). The van der Waals surface area contributed by atoms with Crippen molar-refractivity contribution in [2.24, 2.45) is 5.92 Å². The van der Waals surface area contributed by atoms with Crippen LogP contribution < -0.4 is 10.6 Å². The average Bonchev–Trinajstić information content (AvgIpc) is 2.38. The molecule has 1 aliphatic rings. The molecule has 4 heteroatoms. The fourth-order valence-electron chi connectivity index (χ4n) is 2.63. The van der Waals surface area contributed by atoms with Gasteiger partial charge >= 0.3 is 0 Å². The average molecular weight is 282 g/mol. The Morgan fingerprint density at radius 3 is 2.40 bits per heavy atom. The third-order valence-electron chi connectivity index (χ3n) is 3.89. The molecule has 0 radical (unpaired) electrons. The number of rotatable bonds is 10. The highest BCUT2D eigenvalue weighted by molar-refractivity contribution is 5.98. The van der Waals surface area contributed by atoms with E-state index in [1.165, 1.54) is 32.1 Å². The van der Waals surface area contributed by atoms with Crippen LogP contribution in [0.4, 0.5) is 0 Å². The minimum atomic E-state index is -0.110. The molecule has 1 aliphatic heterocycles. The number of hydrogen-bond acceptors (Lipinski definition) is 3. The lowest BCUT2D eigenvalue weighted by molar-refractivity contribution is -0.136. The molecule has 20 heavy (non-hydrogen) atoms. The van der Waals surface area contributed by atoms with Crippen molar-refractivity contribution in [3.8, 4) is 0 Å². The fourth-order valence-corrected chi connectivity index (χ4v) is 2.63. The van der Waals surface area contributed by atoms with E-state index in [2.05, 4.69) is 24.5 Å². The molecule has 1 fully saturated rings. The van der Waals surface area contributed by atoms with Crippen LogP contribution in [0.5, 0.6) is 0 Å². The second kappa shape index (κ2) is 9.92. The molecule has 116 valence electrons. The summed E-state index contributed by atoms with van der Waals surface area (Å²) in [6, 6.07) is 0.587. The van der Waals surface area contributed by atoms with Gasteiger partial charge in [-0.25, -0.2) is 0 Å². The Balaban J connectivity index is 1.90. The molecular formula is C16H30N2O2. The lowest BCUT2D eigenvalue weighted by Crippen LogP contribution is -2.40. The number of unbranched alkanes of at least 4 members (excludes halogenated alkanes) is 5. The van der Waals surface area contributed by atoms with Crippen molar-refractivity contribution in [3.05, 3.63) is 0 Å². The minimum Gasteiger partial charge on any atom is -0.315 e. The Bertz CT molecular complexity index is 303. The molecule has 0 aromatic rings. The van der Waals surface area contributed by atoms with Gasteiger partial charge in [-0.15, -0.1) is 0 Å². The van der Waals surface area contributed by atoms with Crippen LogP contribution in [0.3, 0.4) is 0 Å². The number of carbonyl (C=O) groups is 2. The summed E-state index contributed by atoms with van der Waals surface area (Å²) >= 11 is 0. The van der Waals surface area contributed by atoms with Crippen molar-refractivity contribution in [1.29, 1.82) is 0 Å². The summed E-state index contributed by atoms with van der Waals surface area (Å²) in [5, 5.41) is 5.86. The van der Waals surface area contributed by atoms with Gasteiger partial charge in [0.05, 0.1) is 0 Å². The summed E-state index contributed by atoms with van der Waals surface area (Å²) in [4.78, 5) is 22.6. The van der Waals surface area contributed by atoms with Crippen LogP contribution >= 0.6 is 0 Å². The van der Waals surface area contributed by atoms with Gasteiger partial charge in [0.2, 0.25) is 11.8 Å². The molecule has 2 N–H and O–H groups in total. The zero-order valence-corrected chi connectivity index (χ0v) is 13.0. The van der Waals surface area contributed by atoms with Gasteiger partial charge < -0.3 is 5.32 Å². The molecule has 0 aromatic heterocycles. The third-order valence-corrected chi connectivity index (χ3v) is 3.89. The third kappa shape index (κ3) is 7.63. The number of amides is 2. The lowest BCUT2D eigenvalue weighted by atomic mass is 9.92. The molecule has 0 aromatic carbocycles. The number of piperidine rings is 1. The summed E-state index contributed by atoms with van der Waals surface area (Å²) in [5.41, 5.74) is 0. The molecule has 0 aliphatic carbocycles. The van der Waals surface area contributed by atoms with Crippen LogP contribution in [0.1, 0.15) is 71.6 Å². The van der Waals surface area contributed by atoms with E-state index in [-0.39, 0.29) is 17.7 Å². The first-order chi connectivity index (χ1) is 9.59. The van der Waals surface area contributed by atoms with Gasteiger partial charge in [-0.05, 0) is 25.8 Å². The summed E-state index contributed by atoms with van der Waals surface area (Å²) in [5.74, 6) is -0.0924. The number of carbonyl (C=O) groups excluding carboxylic acids is 2. The van der Waals surface area contributed by atoms with Gasteiger partial charge in [0.15, 0.2) is 0 Å². The monoisotopic (exact) mass is 282 g/mol. The summed E-state index contributed by atoms with van der Waals surface area (Å²) < 4.78 is 0. The summed E-state index contributed by atoms with van der Waals surface area (Å²) in [6.45, 7) is 5.47. The highest BCUT2D eigenvalue weighted by atomic mass is 16.2. The molecule has 1 unspecified atom stereocenters. The first kappa shape index (κ1) is 17.2. The van der Waals surface area contributed by atoms with E-state index in [0.717, 1.165) is 25.8 Å². The fraction of sp³-hybridized carbons (Fsp3) is 0.875. The zero-order chi connectivity index (χ0) is 14.8. The standard InChI is InChI=1S/C16H30N2O2/c1-13(2)17-12-8-6-4-3-5-7-9-14-10-11-15(19)18-16(14)20/h13-14,17H,3-12H2,1-2H3,(H,18,19,20). The second-order valence-corrected chi connectivity index (χ2v) is 6.17. The van der Waals surface area contributed by atoms with Crippen LogP contribution in [-0.2, 0) is 9.59 Å². The van der Waals surface area contributed by atoms with Gasteiger partial charge in [0.1, 0.15) is 0 Å². The molecule has 0 bridgehead atoms. The maximum Gasteiger partial charge on any atom is 0.229 e. The quantitative estimate of drug-likeness (QED) is 0.478. The number of imide groups is 1. The van der Waals surface area contributed by atoms with Crippen LogP contribution in [0.2, 0.25) is 0 Å². The van der Waals surface area contributed by atoms with E-state index < -0.39 is 0 Å². The maximum atomic E-state index is 11.6. The van der Waals surface area contributed by atoms with E-state index in [4.69, 9.17) is 0 Å². The van der Waals surface area contributed by atoms with Crippen molar-refractivity contribution >= 4 is 11.8 Å². The van der Waals surface area contributed by atoms with Gasteiger partial charge in [-0.3, -0.25) is 14.9 Å². The van der Waals surface area contributed by atoms with Gasteiger partial charge in [0, 0.05) is 18.4 Å². The Kier molecular flexibility index (Phi) is 8.51. The van der Waals surface area contributed by atoms with Crippen molar-refractivity contribution in [2.45, 2.75) is 77.7 Å². The molecule has 0 saturated carbocycles. The van der Waals surface area contributed by atoms with Gasteiger partial charge in [-0.2, -0.15) is 0 Å². The topological polar surface area (TPSA) is 58.2 Å². The highest BCUT2D eigenvalue weighted by Gasteiger charge is 2.25. The molecule has 1 saturated heterocycles. The van der Waals surface area contributed by atoms with Gasteiger partial charge in [0.25, 0.3) is 0 Å².